The van der Waals surface area contributed by atoms with Crippen molar-refractivity contribution in [3.8, 4) is 0 Å². The molecular weight excluding hydrogens is 164 g/mol. The van der Waals surface area contributed by atoms with E-state index in [-0.39, 0.29) is 6.10 Å². The zero-order valence-corrected chi connectivity index (χ0v) is 7.85. The molecule has 66 valence electrons. The third kappa shape index (κ3) is 4.29. The molecule has 4 heteroatoms. The van der Waals surface area contributed by atoms with Crippen molar-refractivity contribution < 1.29 is 13.5 Å². The van der Waals surface area contributed by atoms with Gasteiger partial charge in [0.15, 0.2) is 16.0 Å². The third-order valence-electron chi connectivity index (χ3n) is 0.979. The van der Waals surface area contributed by atoms with Crippen LogP contribution < -0.4 is 0 Å². The minimum Gasteiger partial charge on any atom is -0.375 e. The molecule has 2 atom stereocenters. The molecule has 0 saturated heterocycles. The van der Waals surface area contributed by atoms with Gasteiger partial charge in [-0.25, -0.2) is 4.21 Å². The minimum atomic E-state index is -1.68. The Labute approximate surface area is 69.7 Å². The molecule has 0 aromatic heterocycles. The van der Waals surface area contributed by atoms with Crippen molar-refractivity contribution >= 4 is 11.1 Å². The lowest BCUT2D eigenvalue weighted by molar-refractivity contribution is 0.148. The molecule has 3 nitrogen and oxygen atoms in total. The third-order valence-corrected chi connectivity index (χ3v) is 2.27. The van der Waals surface area contributed by atoms with E-state index >= 15 is 0 Å². The van der Waals surface area contributed by atoms with Gasteiger partial charge in [0.25, 0.3) is 0 Å². The number of rotatable bonds is 4. The predicted octanol–water partition coefficient (Wildman–Crippen LogP) is 0.970. The normalized spacial score (nSPS) is 17.5. The van der Waals surface area contributed by atoms with Crippen LogP contribution in [-0.2, 0) is 15.3 Å². The molecule has 0 spiro atoms. The SMILES string of the molecule is C=CC(C)OS(=O)C(C)(C)O. The van der Waals surface area contributed by atoms with Crippen LogP contribution in [0.15, 0.2) is 12.7 Å². The van der Waals surface area contributed by atoms with Crippen LogP contribution in [0, 0.1) is 0 Å². The van der Waals surface area contributed by atoms with E-state index in [1.54, 1.807) is 6.92 Å². The van der Waals surface area contributed by atoms with E-state index in [1.165, 1.54) is 19.9 Å². The largest absolute Gasteiger partial charge is 0.375 e. The van der Waals surface area contributed by atoms with Gasteiger partial charge in [0.2, 0.25) is 0 Å². The Bertz CT molecular complexity index is 160. The second kappa shape index (κ2) is 3.99. The molecule has 0 saturated carbocycles. The van der Waals surface area contributed by atoms with E-state index < -0.39 is 16.0 Å². The quantitative estimate of drug-likeness (QED) is 0.652. The van der Waals surface area contributed by atoms with Crippen molar-refractivity contribution in [3.05, 3.63) is 12.7 Å². The van der Waals surface area contributed by atoms with E-state index in [9.17, 15) is 9.32 Å². The molecule has 1 N–H and O–H groups in total. The van der Waals surface area contributed by atoms with Crippen LogP contribution in [-0.4, -0.2) is 20.4 Å². The summed E-state index contributed by atoms with van der Waals surface area (Å²) in [6, 6.07) is 0. The maximum Gasteiger partial charge on any atom is 0.188 e. The Morgan fingerprint density at radius 3 is 2.45 bits per heavy atom. The van der Waals surface area contributed by atoms with E-state index in [1.807, 2.05) is 0 Å². The average molecular weight is 178 g/mol. The maximum absolute atomic E-state index is 11.0. The smallest absolute Gasteiger partial charge is 0.188 e. The Morgan fingerprint density at radius 2 is 2.18 bits per heavy atom. The van der Waals surface area contributed by atoms with Crippen molar-refractivity contribution in [1.29, 1.82) is 0 Å². The highest BCUT2D eigenvalue weighted by atomic mass is 32.2. The van der Waals surface area contributed by atoms with Crippen molar-refractivity contribution in [1.82, 2.24) is 0 Å². The summed E-state index contributed by atoms with van der Waals surface area (Å²) < 4.78 is 15.9. The lowest BCUT2D eigenvalue weighted by Crippen LogP contribution is -2.29. The molecule has 0 heterocycles. The second-order valence-corrected chi connectivity index (χ2v) is 4.38. The highest BCUT2D eigenvalue weighted by Crippen LogP contribution is 2.11. The van der Waals surface area contributed by atoms with Gasteiger partial charge in [0.1, 0.15) is 0 Å². The van der Waals surface area contributed by atoms with Gasteiger partial charge in [-0.15, -0.1) is 6.58 Å². The number of hydrogen-bond donors (Lipinski definition) is 1. The summed E-state index contributed by atoms with van der Waals surface area (Å²) in [5.74, 6) is 0. The molecular formula is C7H14O3S. The van der Waals surface area contributed by atoms with Gasteiger partial charge in [-0.2, -0.15) is 0 Å². The van der Waals surface area contributed by atoms with Gasteiger partial charge in [0, 0.05) is 0 Å². The Morgan fingerprint density at radius 1 is 1.73 bits per heavy atom. The van der Waals surface area contributed by atoms with Crippen molar-refractivity contribution in [2.75, 3.05) is 0 Å². The molecule has 0 bridgehead atoms. The second-order valence-electron chi connectivity index (χ2n) is 2.72. The molecule has 2 unspecified atom stereocenters. The van der Waals surface area contributed by atoms with E-state index in [0.29, 0.717) is 0 Å². The molecule has 0 rings (SSSR count). The van der Waals surface area contributed by atoms with Crippen LogP contribution in [0.2, 0.25) is 0 Å². The van der Waals surface area contributed by atoms with Crippen LogP contribution in [0.25, 0.3) is 0 Å². The summed E-state index contributed by atoms with van der Waals surface area (Å²) in [7, 11) is 0. The molecule has 0 aliphatic heterocycles. The molecule has 0 aromatic rings. The highest BCUT2D eigenvalue weighted by Gasteiger charge is 2.24. The predicted molar refractivity (Wildman–Crippen MR) is 45.2 cm³/mol. The zero-order chi connectivity index (χ0) is 9.07. The fourth-order valence-electron chi connectivity index (χ4n) is 0.295. The van der Waals surface area contributed by atoms with Crippen molar-refractivity contribution in [2.24, 2.45) is 0 Å². The van der Waals surface area contributed by atoms with Crippen LogP contribution in [0.1, 0.15) is 20.8 Å². The van der Waals surface area contributed by atoms with Crippen LogP contribution >= 0.6 is 0 Å². The maximum atomic E-state index is 11.0. The molecule has 0 fully saturated rings. The highest BCUT2D eigenvalue weighted by molar-refractivity contribution is 7.81. The first-order valence-corrected chi connectivity index (χ1v) is 4.39. The molecule has 0 radical (unpaired) electrons. The lowest BCUT2D eigenvalue weighted by atomic mass is 10.4. The minimum absolute atomic E-state index is 0.303. The zero-order valence-electron chi connectivity index (χ0n) is 7.03. The first-order valence-electron chi connectivity index (χ1n) is 3.32. The molecule has 0 aromatic carbocycles. The Hall–Kier alpha value is -0.190. The Balaban J connectivity index is 3.98. The molecule has 0 aliphatic rings. The standard InChI is InChI=1S/C7H14O3S/c1-5-6(2)10-11(9)7(3,4)8/h5-6,8H,1H2,2-4H3. The van der Waals surface area contributed by atoms with Crippen LogP contribution in [0.5, 0.6) is 0 Å². The summed E-state index contributed by atoms with van der Waals surface area (Å²) in [6.45, 7) is 8.02. The van der Waals surface area contributed by atoms with E-state index in [0.717, 1.165) is 0 Å². The fourth-order valence-corrected chi connectivity index (χ4v) is 0.885. The first-order chi connectivity index (χ1) is 4.88. The number of hydrogen-bond acceptors (Lipinski definition) is 3. The van der Waals surface area contributed by atoms with Gasteiger partial charge < -0.3 is 5.11 Å². The lowest BCUT2D eigenvalue weighted by Gasteiger charge is -2.17. The van der Waals surface area contributed by atoms with E-state index in [2.05, 4.69) is 6.58 Å². The monoisotopic (exact) mass is 178 g/mol. The van der Waals surface area contributed by atoms with Gasteiger partial charge in [-0.3, -0.25) is 4.18 Å². The van der Waals surface area contributed by atoms with Gasteiger partial charge in [0.05, 0.1) is 6.10 Å². The topological polar surface area (TPSA) is 46.5 Å². The van der Waals surface area contributed by atoms with Crippen molar-refractivity contribution in [3.63, 3.8) is 0 Å². The summed E-state index contributed by atoms with van der Waals surface area (Å²) in [6.07, 6.45) is 1.21. The summed E-state index contributed by atoms with van der Waals surface area (Å²) in [5.41, 5.74) is 0. The average Bonchev–Trinajstić information content (AvgIpc) is 1.85. The molecule has 0 aliphatic carbocycles. The van der Waals surface area contributed by atoms with Crippen LogP contribution in [0.4, 0.5) is 0 Å². The van der Waals surface area contributed by atoms with Crippen molar-refractivity contribution in [2.45, 2.75) is 31.8 Å². The van der Waals surface area contributed by atoms with Gasteiger partial charge in [-0.05, 0) is 20.8 Å². The fraction of sp³-hybridized carbons (Fsp3) is 0.714. The molecule has 0 amide bonds. The van der Waals surface area contributed by atoms with Gasteiger partial charge in [-0.1, -0.05) is 6.08 Å². The van der Waals surface area contributed by atoms with E-state index in [4.69, 9.17) is 4.18 Å². The summed E-state index contributed by atoms with van der Waals surface area (Å²) in [5, 5.41) is 9.17. The van der Waals surface area contributed by atoms with Crippen LogP contribution in [0.3, 0.4) is 0 Å². The first kappa shape index (κ1) is 10.8. The summed E-state index contributed by atoms with van der Waals surface area (Å²) in [4.78, 5) is -1.31. The summed E-state index contributed by atoms with van der Waals surface area (Å²) >= 11 is -1.68. The molecule has 11 heavy (non-hydrogen) atoms. The van der Waals surface area contributed by atoms with Gasteiger partial charge >= 0.3 is 0 Å². The number of aliphatic hydroxyl groups is 1. The Kier molecular flexibility index (Phi) is 3.92.